The summed E-state index contributed by atoms with van der Waals surface area (Å²) in [7, 11) is -4.32. The number of nitrogens with zero attached hydrogens (tertiary/aromatic N) is 3. The van der Waals surface area contributed by atoms with Crippen LogP contribution in [0.3, 0.4) is 0 Å². The Hall–Kier alpha value is -4.74. The Morgan fingerprint density at radius 2 is 1.48 bits per heavy atom. The number of sulfonamides is 1. The lowest BCUT2D eigenvalue weighted by Crippen LogP contribution is -2.53. The van der Waals surface area contributed by atoms with Gasteiger partial charge in [-0.15, -0.1) is 0 Å². The summed E-state index contributed by atoms with van der Waals surface area (Å²) in [5.41, 5.74) is 1.32. The van der Waals surface area contributed by atoms with E-state index in [0.29, 0.717) is 17.1 Å². The van der Waals surface area contributed by atoms with E-state index in [1.54, 1.807) is 42.5 Å². The molecule has 0 fully saturated rings. The normalized spacial score (nSPS) is 11.8. The third-order valence-corrected chi connectivity index (χ3v) is 9.37. The first-order chi connectivity index (χ1) is 22.1. The maximum absolute atomic E-state index is 14.4. The largest absolute Gasteiger partial charge is 0.354 e. The average Bonchev–Trinajstić information content (AvgIpc) is 3.07. The van der Waals surface area contributed by atoms with Gasteiger partial charge in [0.1, 0.15) is 12.6 Å². The summed E-state index contributed by atoms with van der Waals surface area (Å²) in [5.74, 6) is -1.01. The summed E-state index contributed by atoms with van der Waals surface area (Å²) in [6.45, 7) is 1.75. The van der Waals surface area contributed by atoms with Crippen LogP contribution in [0.4, 0.5) is 11.4 Å². The van der Waals surface area contributed by atoms with Crippen molar-refractivity contribution in [2.75, 3.05) is 17.4 Å². The molecule has 1 atom stereocenters. The minimum absolute atomic E-state index is 0.00577. The molecule has 240 valence electrons. The zero-order chi connectivity index (χ0) is 33.1. The molecule has 10 nitrogen and oxygen atoms in total. The molecule has 0 spiro atoms. The molecular weight excluding hydrogens is 628 g/mol. The summed E-state index contributed by atoms with van der Waals surface area (Å²) in [6.07, 6.45) is 1.79. The lowest BCUT2D eigenvalue weighted by atomic mass is 10.0. The number of hydrogen-bond acceptors (Lipinski definition) is 6. The highest BCUT2D eigenvalue weighted by molar-refractivity contribution is 7.92. The molecule has 0 saturated carbocycles. The van der Waals surface area contributed by atoms with Crippen molar-refractivity contribution in [3.63, 3.8) is 0 Å². The molecule has 0 aromatic heterocycles. The van der Waals surface area contributed by atoms with E-state index in [4.69, 9.17) is 11.6 Å². The lowest BCUT2D eigenvalue weighted by Gasteiger charge is -2.34. The third kappa shape index (κ3) is 8.92. The Morgan fingerprint density at radius 3 is 2.07 bits per heavy atom. The molecule has 12 heteroatoms. The fourth-order valence-corrected chi connectivity index (χ4v) is 6.40. The maximum Gasteiger partial charge on any atom is 0.269 e. The summed E-state index contributed by atoms with van der Waals surface area (Å²) < 4.78 is 28.9. The van der Waals surface area contributed by atoms with Crippen LogP contribution in [0.2, 0.25) is 5.02 Å². The first-order valence-corrected chi connectivity index (χ1v) is 16.6. The van der Waals surface area contributed by atoms with Gasteiger partial charge in [0.2, 0.25) is 11.8 Å². The van der Waals surface area contributed by atoms with Crippen LogP contribution in [-0.2, 0) is 32.6 Å². The van der Waals surface area contributed by atoms with E-state index in [1.807, 2.05) is 37.3 Å². The van der Waals surface area contributed by atoms with Gasteiger partial charge in [-0.25, -0.2) is 8.42 Å². The summed E-state index contributed by atoms with van der Waals surface area (Å²) in [5, 5.41) is 14.8. The van der Waals surface area contributed by atoms with Crippen molar-refractivity contribution < 1.29 is 22.9 Å². The Bertz CT molecular complexity index is 1720. The molecule has 0 heterocycles. The molecule has 46 heavy (non-hydrogen) atoms. The molecule has 0 bridgehead atoms. The number of anilines is 1. The number of rotatable bonds is 15. The number of amides is 2. The van der Waals surface area contributed by atoms with Crippen LogP contribution in [0.5, 0.6) is 0 Å². The van der Waals surface area contributed by atoms with Gasteiger partial charge in [0.15, 0.2) is 0 Å². The maximum atomic E-state index is 14.4. The first kappa shape index (κ1) is 34.1. The highest BCUT2D eigenvalue weighted by Gasteiger charge is 2.34. The summed E-state index contributed by atoms with van der Waals surface area (Å²) >= 11 is 6.12. The number of nitro benzene ring substituents is 1. The zero-order valence-electron chi connectivity index (χ0n) is 25.3. The molecule has 0 aliphatic heterocycles. The van der Waals surface area contributed by atoms with E-state index in [1.165, 1.54) is 41.3 Å². The van der Waals surface area contributed by atoms with Gasteiger partial charge in [0.25, 0.3) is 15.7 Å². The monoisotopic (exact) mass is 662 g/mol. The van der Waals surface area contributed by atoms with Gasteiger partial charge in [0, 0.05) is 36.7 Å². The van der Waals surface area contributed by atoms with E-state index >= 15 is 0 Å². The van der Waals surface area contributed by atoms with Crippen molar-refractivity contribution >= 4 is 44.8 Å². The molecule has 4 rings (SSSR count). The highest BCUT2D eigenvalue weighted by Crippen LogP contribution is 2.27. The van der Waals surface area contributed by atoms with Crippen LogP contribution in [0.15, 0.2) is 114 Å². The SMILES string of the molecule is CCCCNC(=O)C(Cc1ccccc1)N(Cc1ccc(Cl)cc1)C(=O)CN(c1ccc([N+](=O)[O-])cc1)S(=O)(=O)c1ccccc1. The van der Waals surface area contributed by atoms with E-state index < -0.39 is 33.4 Å². The van der Waals surface area contributed by atoms with Crippen molar-refractivity contribution in [2.45, 2.75) is 43.7 Å². The number of carbonyl (C=O) groups is 2. The van der Waals surface area contributed by atoms with Crippen molar-refractivity contribution in [2.24, 2.45) is 0 Å². The number of halogens is 1. The summed E-state index contributed by atoms with van der Waals surface area (Å²) in [6, 6.07) is 27.6. The zero-order valence-corrected chi connectivity index (χ0v) is 26.9. The molecular formula is C34H35ClN4O6S. The number of carbonyl (C=O) groups excluding carboxylic acids is 2. The quantitative estimate of drug-likeness (QED) is 0.0944. The number of nitro groups is 1. The Labute approximate surface area is 273 Å². The molecule has 0 saturated heterocycles. The molecule has 2 amide bonds. The van der Waals surface area contributed by atoms with Gasteiger partial charge in [0.05, 0.1) is 15.5 Å². The molecule has 0 aliphatic carbocycles. The summed E-state index contributed by atoms with van der Waals surface area (Å²) in [4.78, 5) is 40.2. The van der Waals surface area contributed by atoms with Crippen LogP contribution in [0.1, 0.15) is 30.9 Å². The standard InChI is InChI=1S/C34H35ClN4O6S/c1-2-3-22-36-34(41)32(23-26-10-6-4-7-11-26)37(24-27-14-16-28(35)17-15-27)33(40)25-38(29-18-20-30(21-19-29)39(42)43)46(44,45)31-12-8-5-9-13-31/h4-21,32H,2-3,22-25H2,1H3,(H,36,41). The van der Waals surface area contributed by atoms with Gasteiger partial charge < -0.3 is 10.2 Å². The molecule has 1 unspecified atom stereocenters. The van der Waals surface area contributed by atoms with E-state index in [2.05, 4.69) is 5.32 Å². The first-order valence-electron chi connectivity index (χ1n) is 14.8. The van der Waals surface area contributed by atoms with Gasteiger partial charge in [-0.3, -0.25) is 24.0 Å². The highest BCUT2D eigenvalue weighted by atomic mass is 35.5. The van der Waals surface area contributed by atoms with Crippen LogP contribution < -0.4 is 9.62 Å². The second kappa shape index (κ2) is 16.0. The van der Waals surface area contributed by atoms with Gasteiger partial charge in [-0.1, -0.05) is 85.6 Å². The number of hydrogen-bond donors (Lipinski definition) is 1. The Kier molecular flexibility index (Phi) is 11.9. The van der Waals surface area contributed by atoms with Crippen molar-refractivity contribution in [1.82, 2.24) is 10.2 Å². The van der Waals surface area contributed by atoms with Crippen molar-refractivity contribution in [3.8, 4) is 0 Å². The van der Waals surface area contributed by atoms with Crippen molar-refractivity contribution in [1.29, 1.82) is 0 Å². The predicted octanol–water partition coefficient (Wildman–Crippen LogP) is 6.00. The van der Waals surface area contributed by atoms with Crippen LogP contribution in [0.25, 0.3) is 0 Å². The average molecular weight is 663 g/mol. The number of non-ortho nitro benzene ring substituents is 1. The molecule has 0 aliphatic rings. The fourth-order valence-electron chi connectivity index (χ4n) is 4.84. The molecule has 4 aromatic rings. The second-order valence-electron chi connectivity index (χ2n) is 10.6. The van der Waals surface area contributed by atoms with Crippen LogP contribution >= 0.6 is 11.6 Å². The van der Waals surface area contributed by atoms with Crippen molar-refractivity contribution in [3.05, 3.63) is 135 Å². The van der Waals surface area contributed by atoms with Gasteiger partial charge in [-0.2, -0.15) is 0 Å². The Morgan fingerprint density at radius 1 is 0.870 bits per heavy atom. The minimum Gasteiger partial charge on any atom is -0.354 e. The van der Waals surface area contributed by atoms with E-state index in [0.717, 1.165) is 22.7 Å². The topological polar surface area (TPSA) is 130 Å². The second-order valence-corrected chi connectivity index (χ2v) is 12.9. The number of unbranched alkanes of at least 4 members (excludes halogenated alkanes) is 1. The fraction of sp³-hybridized carbons (Fsp3) is 0.235. The molecule has 0 radical (unpaired) electrons. The molecule has 1 N–H and O–H groups in total. The smallest absolute Gasteiger partial charge is 0.269 e. The van der Waals surface area contributed by atoms with Gasteiger partial charge in [-0.05, 0) is 53.9 Å². The number of nitrogens with one attached hydrogen (secondary N) is 1. The van der Waals surface area contributed by atoms with Crippen LogP contribution in [0, 0.1) is 10.1 Å². The van der Waals surface area contributed by atoms with Crippen LogP contribution in [-0.4, -0.2) is 49.2 Å². The predicted molar refractivity (Wildman–Crippen MR) is 178 cm³/mol. The number of benzene rings is 4. The Balaban J connectivity index is 1.79. The minimum atomic E-state index is -4.32. The van der Waals surface area contributed by atoms with E-state index in [9.17, 15) is 28.1 Å². The third-order valence-electron chi connectivity index (χ3n) is 7.33. The van der Waals surface area contributed by atoms with E-state index in [-0.39, 0.29) is 35.1 Å². The molecule has 4 aromatic carbocycles. The lowest BCUT2D eigenvalue weighted by molar-refractivity contribution is -0.384. The van der Waals surface area contributed by atoms with Gasteiger partial charge >= 0.3 is 0 Å².